The van der Waals surface area contributed by atoms with Crippen LogP contribution in [0.5, 0.6) is 11.5 Å². The number of terminal acetylenes is 1. The summed E-state index contributed by atoms with van der Waals surface area (Å²) < 4.78 is 10.6. The van der Waals surface area contributed by atoms with Crippen LogP contribution in [0.1, 0.15) is 5.56 Å². The minimum atomic E-state index is -0.860. The molecule has 0 aromatic heterocycles. The van der Waals surface area contributed by atoms with Gasteiger partial charge in [-0.2, -0.15) is 0 Å². The van der Waals surface area contributed by atoms with E-state index in [9.17, 15) is 14.4 Å². The van der Waals surface area contributed by atoms with Gasteiger partial charge in [0, 0.05) is 5.56 Å². The molecule has 112 valence electrons. The number of benzene rings is 1. The van der Waals surface area contributed by atoms with Gasteiger partial charge in [0.1, 0.15) is 12.2 Å². The summed E-state index contributed by atoms with van der Waals surface area (Å²) in [6.45, 7) is -0.00652. The molecule has 4 amide bonds. The molecule has 7 heteroatoms. The van der Waals surface area contributed by atoms with E-state index in [0.717, 1.165) is 0 Å². The zero-order valence-electron chi connectivity index (χ0n) is 11.6. The van der Waals surface area contributed by atoms with Gasteiger partial charge >= 0.3 is 6.03 Å². The van der Waals surface area contributed by atoms with Crippen LogP contribution < -0.4 is 20.1 Å². The van der Waals surface area contributed by atoms with E-state index in [1.807, 2.05) is 10.6 Å². The van der Waals surface area contributed by atoms with Crippen molar-refractivity contribution in [2.24, 2.45) is 0 Å². The molecule has 1 aromatic carbocycles. The number of para-hydroxylation sites is 1. The molecule has 0 unspecified atom stereocenters. The summed E-state index contributed by atoms with van der Waals surface area (Å²) in [5, 5.41) is 3.98. The highest BCUT2D eigenvalue weighted by Crippen LogP contribution is 2.32. The molecule has 2 N–H and O–H groups in total. The monoisotopic (exact) mass is 300 g/mol. The Hall–Kier alpha value is -3.27. The lowest BCUT2D eigenvalue weighted by Crippen LogP contribution is -2.51. The number of hydrogen-bond donors (Lipinski definition) is 2. The number of imide groups is 2. The van der Waals surface area contributed by atoms with Crippen LogP contribution in [0.4, 0.5) is 4.79 Å². The summed E-state index contributed by atoms with van der Waals surface area (Å²) in [6.07, 6.45) is 6.46. The van der Waals surface area contributed by atoms with Gasteiger partial charge < -0.3 is 9.47 Å². The quantitative estimate of drug-likeness (QED) is 0.478. The molecule has 1 aliphatic heterocycles. The fourth-order valence-electron chi connectivity index (χ4n) is 1.84. The highest BCUT2D eigenvalue weighted by molar-refractivity contribution is 6.31. The zero-order chi connectivity index (χ0) is 16.1. The minimum absolute atomic E-state index is 0.00652. The van der Waals surface area contributed by atoms with E-state index in [0.29, 0.717) is 17.1 Å². The smallest absolute Gasteiger partial charge is 0.328 e. The number of ether oxygens (including phenoxy) is 2. The van der Waals surface area contributed by atoms with Crippen LogP contribution >= 0.6 is 0 Å². The molecule has 0 bridgehead atoms. The Kier molecular flexibility index (Phi) is 4.44. The molecule has 1 saturated heterocycles. The Morgan fingerprint density at radius 3 is 2.50 bits per heavy atom. The fraction of sp³-hybridized carbons (Fsp3) is 0.133. The maximum Gasteiger partial charge on any atom is 0.328 e. The standard InChI is InChI=1S/C15H12N2O5/c1-3-7-22-12-9(5-4-6-11(12)21-2)8-10-13(18)16-15(20)17-14(10)19/h1,4-6,8H,7H2,2H3,(H2,16,17,18,19,20). The highest BCUT2D eigenvalue weighted by Gasteiger charge is 2.28. The number of methoxy groups -OCH3 is 1. The Morgan fingerprint density at radius 2 is 1.91 bits per heavy atom. The number of hydrogen-bond acceptors (Lipinski definition) is 5. The third-order valence-corrected chi connectivity index (χ3v) is 2.77. The molecular weight excluding hydrogens is 288 g/mol. The van der Waals surface area contributed by atoms with Crippen molar-refractivity contribution in [3.8, 4) is 23.8 Å². The first-order valence-electron chi connectivity index (χ1n) is 6.18. The molecule has 22 heavy (non-hydrogen) atoms. The van der Waals surface area contributed by atoms with Gasteiger partial charge in [-0.05, 0) is 12.1 Å². The first-order chi connectivity index (χ1) is 10.6. The molecule has 2 rings (SSSR count). The van der Waals surface area contributed by atoms with Crippen LogP contribution in [-0.2, 0) is 9.59 Å². The summed E-state index contributed by atoms with van der Waals surface area (Å²) in [5.74, 6) is 1.44. The Morgan fingerprint density at radius 1 is 1.23 bits per heavy atom. The van der Waals surface area contributed by atoms with Gasteiger partial charge in [0.15, 0.2) is 11.5 Å². The van der Waals surface area contributed by atoms with Crippen LogP contribution in [0.15, 0.2) is 23.8 Å². The van der Waals surface area contributed by atoms with Crippen molar-refractivity contribution in [3.63, 3.8) is 0 Å². The average Bonchev–Trinajstić information content (AvgIpc) is 2.49. The van der Waals surface area contributed by atoms with E-state index in [4.69, 9.17) is 15.9 Å². The third kappa shape index (κ3) is 3.07. The van der Waals surface area contributed by atoms with Crippen LogP contribution in [0.3, 0.4) is 0 Å². The van der Waals surface area contributed by atoms with E-state index >= 15 is 0 Å². The predicted molar refractivity (Wildman–Crippen MR) is 77.0 cm³/mol. The van der Waals surface area contributed by atoms with Gasteiger partial charge in [-0.25, -0.2) is 4.79 Å². The van der Waals surface area contributed by atoms with E-state index in [1.54, 1.807) is 18.2 Å². The average molecular weight is 300 g/mol. The number of urea groups is 1. The van der Waals surface area contributed by atoms with Crippen LogP contribution in [-0.4, -0.2) is 31.6 Å². The highest BCUT2D eigenvalue weighted by atomic mass is 16.5. The van der Waals surface area contributed by atoms with Gasteiger partial charge in [-0.15, -0.1) is 6.42 Å². The van der Waals surface area contributed by atoms with Gasteiger partial charge in [-0.1, -0.05) is 18.1 Å². The molecule has 0 spiro atoms. The Balaban J connectivity index is 2.46. The molecular formula is C15H12N2O5. The maximum atomic E-state index is 11.7. The first-order valence-corrected chi connectivity index (χ1v) is 6.18. The number of amides is 4. The summed E-state index contributed by atoms with van der Waals surface area (Å²) in [6, 6.07) is 4.08. The van der Waals surface area contributed by atoms with E-state index < -0.39 is 17.8 Å². The van der Waals surface area contributed by atoms with E-state index in [2.05, 4.69) is 5.92 Å². The molecule has 0 atom stereocenters. The lowest BCUT2D eigenvalue weighted by atomic mass is 10.1. The molecule has 0 aliphatic carbocycles. The van der Waals surface area contributed by atoms with E-state index in [-0.39, 0.29) is 12.2 Å². The van der Waals surface area contributed by atoms with Gasteiger partial charge in [0.25, 0.3) is 11.8 Å². The number of barbiturate groups is 1. The van der Waals surface area contributed by atoms with Gasteiger partial charge in [0.2, 0.25) is 0 Å². The topological polar surface area (TPSA) is 93.7 Å². The van der Waals surface area contributed by atoms with Crippen molar-refractivity contribution in [3.05, 3.63) is 29.3 Å². The van der Waals surface area contributed by atoms with Crippen molar-refractivity contribution in [2.75, 3.05) is 13.7 Å². The molecule has 1 heterocycles. The number of nitrogens with one attached hydrogen (secondary N) is 2. The van der Waals surface area contributed by atoms with Crippen LogP contribution in [0.2, 0.25) is 0 Å². The SMILES string of the molecule is C#CCOc1c(C=C2C(=O)NC(=O)NC2=O)cccc1OC. The van der Waals surface area contributed by atoms with Crippen LogP contribution in [0, 0.1) is 12.3 Å². The molecule has 0 saturated carbocycles. The fourth-order valence-corrected chi connectivity index (χ4v) is 1.84. The zero-order valence-corrected chi connectivity index (χ0v) is 11.6. The normalized spacial score (nSPS) is 13.8. The minimum Gasteiger partial charge on any atom is -0.493 e. The van der Waals surface area contributed by atoms with Crippen molar-refractivity contribution >= 4 is 23.9 Å². The molecule has 0 radical (unpaired) electrons. The van der Waals surface area contributed by atoms with Crippen molar-refractivity contribution in [2.45, 2.75) is 0 Å². The second kappa shape index (κ2) is 6.45. The lowest BCUT2D eigenvalue weighted by Gasteiger charge is -2.15. The predicted octanol–water partition coefficient (Wildman–Crippen LogP) is 0.457. The van der Waals surface area contributed by atoms with E-state index in [1.165, 1.54) is 13.2 Å². The lowest BCUT2D eigenvalue weighted by molar-refractivity contribution is -0.123. The Labute approximate surface area is 126 Å². The second-order valence-corrected chi connectivity index (χ2v) is 4.17. The largest absolute Gasteiger partial charge is 0.493 e. The second-order valence-electron chi connectivity index (χ2n) is 4.17. The first kappa shape index (κ1) is 15.1. The maximum absolute atomic E-state index is 11.7. The number of carbonyl (C=O) groups is 3. The Bertz CT molecular complexity index is 693. The van der Waals surface area contributed by atoms with Gasteiger partial charge in [-0.3, -0.25) is 20.2 Å². The van der Waals surface area contributed by atoms with Gasteiger partial charge in [0.05, 0.1) is 7.11 Å². The number of carbonyl (C=O) groups excluding carboxylic acids is 3. The third-order valence-electron chi connectivity index (χ3n) is 2.77. The van der Waals surface area contributed by atoms with Crippen molar-refractivity contribution in [1.82, 2.24) is 10.6 Å². The molecule has 7 nitrogen and oxygen atoms in total. The van der Waals surface area contributed by atoms with Crippen molar-refractivity contribution in [1.29, 1.82) is 0 Å². The summed E-state index contributed by atoms with van der Waals surface area (Å²) >= 11 is 0. The molecule has 1 aliphatic rings. The summed E-state index contributed by atoms with van der Waals surface area (Å²) in [7, 11) is 1.45. The summed E-state index contributed by atoms with van der Waals surface area (Å²) in [4.78, 5) is 34.5. The number of rotatable bonds is 4. The van der Waals surface area contributed by atoms with Crippen LogP contribution in [0.25, 0.3) is 6.08 Å². The molecule has 1 aromatic rings. The molecule has 1 fully saturated rings. The van der Waals surface area contributed by atoms with Crippen molar-refractivity contribution < 1.29 is 23.9 Å². The summed E-state index contributed by atoms with van der Waals surface area (Å²) in [5.41, 5.74) is 0.197.